The molecule has 1 heterocycles. The predicted octanol–water partition coefficient (Wildman–Crippen LogP) is 4.94. The molecule has 7 heteroatoms. The highest BCUT2D eigenvalue weighted by Gasteiger charge is 2.29. The lowest BCUT2D eigenvalue weighted by Gasteiger charge is -2.38. The highest BCUT2D eigenvalue weighted by molar-refractivity contribution is 5.89. The number of urea groups is 1. The van der Waals surface area contributed by atoms with E-state index in [-0.39, 0.29) is 12.1 Å². The number of fused-ring (bicyclic) bond motifs is 1. The third-order valence-corrected chi connectivity index (χ3v) is 6.42. The van der Waals surface area contributed by atoms with Crippen LogP contribution >= 0.6 is 0 Å². The molecule has 3 aromatic rings. The van der Waals surface area contributed by atoms with E-state index < -0.39 is 0 Å². The van der Waals surface area contributed by atoms with Crippen LogP contribution in [0.3, 0.4) is 0 Å². The van der Waals surface area contributed by atoms with Gasteiger partial charge in [-0.25, -0.2) is 4.79 Å². The molecule has 2 amide bonds. The van der Waals surface area contributed by atoms with E-state index in [0.29, 0.717) is 12.3 Å². The highest BCUT2D eigenvalue weighted by Crippen LogP contribution is 2.38. The number of carbonyl (C=O) groups is 1. The van der Waals surface area contributed by atoms with E-state index in [1.54, 1.807) is 21.3 Å². The van der Waals surface area contributed by atoms with Crippen LogP contribution in [0.25, 0.3) is 0 Å². The second kappa shape index (κ2) is 11.1. The topological polar surface area (TPSA) is 72.1 Å². The number of anilines is 1. The van der Waals surface area contributed by atoms with Gasteiger partial charge in [0.05, 0.1) is 27.4 Å². The Morgan fingerprint density at radius 2 is 1.63 bits per heavy atom. The fraction of sp³-hybridized carbons (Fsp3) is 0.321. The van der Waals surface area contributed by atoms with Crippen LogP contribution < -0.4 is 24.8 Å². The SMILES string of the molecule is COc1ccc(CN2CCc3cc(OC)c(OC)cc3C2CNC(=O)Nc2ccc(C)cc2)cc1. The van der Waals surface area contributed by atoms with Crippen LogP contribution in [0.15, 0.2) is 60.7 Å². The molecule has 2 N–H and O–H groups in total. The van der Waals surface area contributed by atoms with Gasteiger partial charge in [0.1, 0.15) is 5.75 Å². The van der Waals surface area contributed by atoms with Gasteiger partial charge in [-0.05, 0) is 66.4 Å². The largest absolute Gasteiger partial charge is 0.497 e. The Morgan fingerprint density at radius 3 is 2.29 bits per heavy atom. The molecule has 0 saturated carbocycles. The summed E-state index contributed by atoms with van der Waals surface area (Å²) in [5.41, 5.74) is 5.44. The third kappa shape index (κ3) is 5.87. The van der Waals surface area contributed by atoms with Crippen molar-refractivity contribution in [2.75, 3.05) is 39.7 Å². The molecule has 3 aromatic carbocycles. The van der Waals surface area contributed by atoms with E-state index in [9.17, 15) is 4.79 Å². The molecule has 1 aliphatic rings. The molecular weight excluding hydrogens is 442 g/mol. The second-order valence-electron chi connectivity index (χ2n) is 8.69. The Labute approximate surface area is 207 Å². The van der Waals surface area contributed by atoms with E-state index >= 15 is 0 Å². The molecule has 0 fully saturated rings. The molecule has 0 aromatic heterocycles. The van der Waals surface area contributed by atoms with Crippen molar-refractivity contribution in [3.8, 4) is 17.2 Å². The normalized spacial score (nSPS) is 15.1. The van der Waals surface area contributed by atoms with Gasteiger partial charge < -0.3 is 24.8 Å². The van der Waals surface area contributed by atoms with E-state index in [4.69, 9.17) is 14.2 Å². The summed E-state index contributed by atoms with van der Waals surface area (Å²) in [6, 6.07) is 19.7. The average molecular weight is 476 g/mol. The maximum Gasteiger partial charge on any atom is 0.319 e. The summed E-state index contributed by atoms with van der Waals surface area (Å²) in [5, 5.41) is 6.00. The van der Waals surface area contributed by atoms with Crippen LogP contribution in [-0.2, 0) is 13.0 Å². The lowest BCUT2D eigenvalue weighted by molar-refractivity contribution is 0.172. The number of nitrogens with zero attached hydrogens (tertiary/aromatic N) is 1. The highest BCUT2D eigenvalue weighted by atomic mass is 16.5. The monoisotopic (exact) mass is 475 g/mol. The van der Waals surface area contributed by atoms with E-state index in [1.165, 1.54) is 11.1 Å². The maximum atomic E-state index is 12.7. The predicted molar refractivity (Wildman–Crippen MR) is 138 cm³/mol. The number of nitrogens with one attached hydrogen (secondary N) is 2. The molecule has 1 aliphatic heterocycles. The summed E-state index contributed by atoms with van der Waals surface area (Å²) >= 11 is 0. The van der Waals surface area contributed by atoms with Crippen molar-refractivity contribution in [1.29, 1.82) is 0 Å². The zero-order valence-electron chi connectivity index (χ0n) is 20.8. The van der Waals surface area contributed by atoms with Crippen LogP contribution in [-0.4, -0.2) is 45.3 Å². The number of hydrogen-bond donors (Lipinski definition) is 2. The summed E-state index contributed by atoms with van der Waals surface area (Å²) in [7, 11) is 4.96. The fourth-order valence-electron chi connectivity index (χ4n) is 4.48. The van der Waals surface area contributed by atoms with Gasteiger partial charge >= 0.3 is 6.03 Å². The molecule has 1 atom stereocenters. The molecule has 4 rings (SSSR count). The van der Waals surface area contributed by atoms with Crippen molar-refractivity contribution in [2.45, 2.75) is 25.9 Å². The minimum absolute atomic E-state index is 0.0237. The summed E-state index contributed by atoms with van der Waals surface area (Å²) < 4.78 is 16.4. The Bertz CT molecular complexity index is 1150. The van der Waals surface area contributed by atoms with Crippen LogP contribution in [0.2, 0.25) is 0 Å². The fourth-order valence-corrected chi connectivity index (χ4v) is 4.48. The van der Waals surface area contributed by atoms with Gasteiger partial charge in [0.2, 0.25) is 0 Å². The first kappa shape index (κ1) is 24.4. The summed E-state index contributed by atoms with van der Waals surface area (Å²) in [6.45, 7) is 4.09. The van der Waals surface area contributed by atoms with Gasteiger partial charge in [0.15, 0.2) is 11.5 Å². The summed E-state index contributed by atoms with van der Waals surface area (Å²) in [5.74, 6) is 2.24. The zero-order chi connectivity index (χ0) is 24.8. The summed E-state index contributed by atoms with van der Waals surface area (Å²) in [6.07, 6.45) is 0.887. The summed E-state index contributed by atoms with van der Waals surface area (Å²) in [4.78, 5) is 15.1. The van der Waals surface area contributed by atoms with Gasteiger partial charge in [-0.3, -0.25) is 4.90 Å². The standard InChI is InChI=1S/C28H33N3O4/c1-19-5-9-22(10-6-19)30-28(32)29-17-25-24-16-27(35-4)26(34-3)15-21(24)13-14-31(25)18-20-7-11-23(33-2)12-8-20/h5-12,15-16,25H,13-14,17-18H2,1-4H3,(H2,29,30,32). The zero-order valence-corrected chi connectivity index (χ0v) is 20.8. The Balaban J connectivity index is 1.56. The number of benzene rings is 3. The molecular formula is C28H33N3O4. The number of carbonyl (C=O) groups excluding carboxylic acids is 1. The first-order valence-corrected chi connectivity index (χ1v) is 11.7. The lowest BCUT2D eigenvalue weighted by Crippen LogP contribution is -2.42. The number of rotatable bonds is 8. The van der Waals surface area contributed by atoms with Gasteiger partial charge in [-0.15, -0.1) is 0 Å². The van der Waals surface area contributed by atoms with Crippen LogP contribution in [0.1, 0.15) is 28.3 Å². The van der Waals surface area contributed by atoms with Crippen LogP contribution in [0.4, 0.5) is 10.5 Å². The van der Waals surface area contributed by atoms with E-state index in [0.717, 1.165) is 47.8 Å². The Morgan fingerprint density at radius 1 is 0.943 bits per heavy atom. The second-order valence-corrected chi connectivity index (χ2v) is 8.69. The molecule has 0 spiro atoms. The molecule has 35 heavy (non-hydrogen) atoms. The van der Waals surface area contributed by atoms with Crippen molar-refractivity contribution in [3.05, 3.63) is 82.9 Å². The number of aryl methyl sites for hydroxylation is 1. The van der Waals surface area contributed by atoms with E-state index in [2.05, 4.69) is 33.7 Å². The van der Waals surface area contributed by atoms with Gasteiger partial charge in [-0.2, -0.15) is 0 Å². The lowest BCUT2D eigenvalue weighted by atomic mass is 9.91. The van der Waals surface area contributed by atoms with Crippen molar-refractivity contribution in [2.24, 2.45) is 0 Å². The number of methoxy groups -OCH3 is 3. The van der Waals surface area contributed by atoms with Crippen LogP contribution in [0.5, 0.6) is 17.2 Å². The molecule has 0 bridgehead atoms. The maximum absolute atomic E-state index is 12.7. The Hall–Kier alpha value is -3.71. The molecule has 7 nitrogen and oxygen atoms in total. The number of amides is 2. The van der Waals surface area contributed by atoms with Crippen molar-refractivity contribution >= 4 is 11.7 Å². The van der Waals surface area contributed by atoms with Crippen molar-refractivity contribution in [3.63, 3.8) is 0 Å². The van der Waals surface area contributed by atoms with Gasteiger partial charge in [-0.1, -0.05) is 29.8 Å². The molecule has 0 radical (unpaired) electrons. The molecule has 1 unspecified atom stereocenters. The average Bonchev–Trinajstić information content (AvgIpc) is 2.88. The minimum Gasteiger partial charge on any atom is -0.497 e. The minimum atomic E-state index is -0.231. The van der Waals surface area contributed by atoms with Crippen molar-refractivity contribution < 1.29 is 19.0 Å². The van der Waals surface area contributed by atoms with Crippen LogP contribution in [0, 0.1) is 6.92 Å². The van der Waals surface area contributed by atoms with Gasteiger partial charge in [0.25, 0.3) is 0 Å². The van der Waals surface area contributed by atoms with Gasteiger partial charge in [0, 0.05) is 25.3 Å². The first-order valence-electron chi connectivity index (χ1n) is 11.7. The number of hydrogen-bond acceptors (Lipinski definition) is 5. The first-order chi connectivity index (χ1) is 17.0. The smallest absolute Gasteiger partial charge is 0.319 e. The molecule has 0 aliphatic carbocycles. The molecule has 0 saturated heterocycles. The quantitative estimate of drug-likeness (QED) is 0.483. The molecule has 184 valence electrons. The van der Waals surface area contributed by atoms with Crippen molar-refractivity contribution in [1.82, 2.24) is 10.2 Å². The number of ether oxygens (including phenoxy) is 3. The van der Waals surface area contributed by atoms with E-state index in [1.807, 2.05) is 49.4 Å². The Kier molecular flexibility index (Phi) is 7.77. The third-order valence-electron chi connectivity index (χ3n) is 6.42.